The number of aromatic nitrogens is 4. The van der Waals surface area contributed by atoms with E-state index in [-0.39, 0.29) is 12.1 Å². The summed E-state index contributed by atoms with van der Waals surface area (Å²) in [5, 5.41) is 14.7. The second-order valence-electron chi connectivity index (χ2n) is 12.2. The molecule has 4 aromatic carbocycles. The first-order valence-corrected chi connectivity index (χ1v) is 16.5. The quantitative estimate of drug-likeness (QED) is 0.109. The molecule has 2 aromatic heterocycles. The van der Waals surface area contributed by atoms with Gasteiger partial charge in [0.25, 0.3) is 0 Å². The molecule has 242 valence electrons. The fourth-order valence-corrected chi connectivity index (χ4v) is 5.46. The summed E-state index contributed by atoms with van der Waals surface area (Å²) < 4.78 is 0. The van der Waals surface area contributed by atoms with Crippen molar-refractivity contribution in [2.45, 2.75) is 46.7 Å². The van der Waals surface area contributed by atoms with E-state index in [9.17, 15) is 0 Å². The number of nitrogens with zero attached hydrogens (tertiary/aromatic N) is 4. The van der Waals surface area contributed by atoms with Gasteiger partial charge in [0.1, 0.15) is 23.3 Å². The third-order valence-corrected chi connectivity index (χ3v) is 7.69. The molecule has 6 rings (SSSR count). The van der Waals surface area contributed by atoms with E-state index in [1.165, 1.54) is 0 Å². The van der Waals surface area contributed by atoms with Crippen LogP contribution in [0.1, 0.15) is 33.3 Å². The second-order valence-corrected chi connectivity index (χ2v) is 12.6. The van der Waals surface area contributed by atoms with E-state index < -0.39 is 0 Å². The van der Waals surface area contributed by atoms with Gasteiger partial charge in [0.15, 0.2) is 11.6 Å². The van der Waals surface area contributed by atoms with Gasteiger partial charge in [-0.25, -0.2) is 19.9 Å². The van der Waals surface area contributed by atoms with Crippen LogP contribution < -0.4 is 21.3 Å². The molecule has 9 heteroatoms. The van der Waals surface area contributed by atoms with Crippen molar-refractivity contribution in [1.82, 2.24) is 19.9 Å². The molecule has 48 heavy (non-hydrogen) atoms. The summed E-state index contributed by atoms with van der Waals surface area (Å²) in [7, 11) is 0. The molecule has 0 spiro atoms. The summed E-state index contributed by atoms with van der Waals surface area (Å²) in [5.74, 6) is 4.09. The van der Waals surface area contributed by atoms with Crippen LogP contribution >= 0.6 is 11.6 Å². The second kappa shape index (κ2) is 14.5. The molecule has 0 amide bonds. The highest BCUT2D eigenvalue weighted by molar-refractivity contribution is 6.30. The van der Waals surface area contributed by atoms with Crippen molar-refractivity contribution < 1.29 is 0 Å². The summed E-state index contributed by atoms with van der Waals surface area (Å²) in [6.45, 7) is 10.5. The van der Waals surface area contributed by atoms with Gasteiger partial charge in [-0.3, -0.25) is 0 Å². The van der Waals surface area contributed by atoms with Crippen molar-refractivity contribution in [3.05, 3.63) is 120 Å². The monoisotopic (exact) mass is 654 g/mol. The Morgan fingerprint density at radius 1 is 0.542 bits per heavy atom. The third-order valence-electron chi connectivity index (χ3n) is 7.44. The van der Waals surface area contributed by atoms with Crippen molar-refractivity contribution in [1.29, 1.82) is 0 Å². The largest absolute Gasteiger partial charge is 0.368 e. The molecule has 2 heterocycles. The highest BCUT2D eigenvalue weighted by atomic mass is 35.5. The number of halogens is 1. The lowest BCUT2D eigenvalue weighted by atomic mass is 9.99. The molecule has 0 radical (unpaired) electrons. The first-order valence-electron chi connectivity index (χ1n) is 16.1. The molecule has 0 saturated heterocycles. The average Bonchev–Trinajstić information content (AvgIpc) is 3.05. The Balaban J connectivity index is 1.47. The number of hydrogen-bond acceptors (Lipinski definition) is 8. The van der Waals surface area contributed by atoms with Crippen molar-refractivity contribution >= 4 is 46.2 Å². The van der Waals surface area contributed by atoms with E-state index >= 15 is 0 Å². The van der Waals surface area contributed by atoms with E-state index in [0.29, 0.717) is 28.3 Å². The van der Waals surface area contributed by atoms with Crippen LogP contribution in [0.25, 0.3) is 33.9 Å². The predicted molar refractivity (Wildman–Crippen MR) is 201 cm³/mol. The molecular weight excluding hydrogens is 616 g/mol. The maximum absolute atomic E-state index is 6.21. The van der Waals surface area contributed by atoms with Crippen LogP contribution in [0, 0.1) is 6.92 Å². The first kappa shape index (κ1) is 32.5. The van der Waals surface area contributed by atoms with Gasteiger partial charge >= 0.3 is 0 Å². The Labute approximate surface area is 287 Å². The minimum atomic E-state index is 0.127. The smallest absolute Gasteiger partial charge is 0.164 e. The summed E-state index contributed by atoms with van der Waals surface area (Å²) in [6.07, 6.45) is 0. The molecule has 0 unspecified atom stereocenters. The van der Waals surface area contributed by atoms with Gasteiger partial charge in [-0.05, 0) is 94.3 Å². The van der Waals surface area contributed by atoms with E-state index in [4.69, 9.17) is 31.5 Å². The summed E-state index contributed by atoms with van der Waals surface area (Å²) >= 11 is 6.21. The van der Waals surface area contributed by atoms with Gasteiger partial charge in [-0.2, -0.15) is 0 Å². The topological polar surface area (TPSA) is 99.7 Å². The average molecular weight is 655 g/mol. The lowest BCUT2D eigenvalue weighted by Gasteiger charge is -2.20. The standard InChI is InChI=1S/C39H39ClN8/c1-24(2)41-33-23-34(43-30-12-8-6-9-13-30)46-37(45-33)32-21-18-28(22-26(32)5)35-38(42-25(3)4)47-36(27-16-19-29(40)20-17-27)48-39(35)44-31-14-10-7-11-15-31/h6-25H,1-5H3,(H2,41,43,45,46)(H2,42,44,47,48). The van der Waals surface area contributed by atoms with Crippen molar-refractivity contribution in [2.75, 3.05) is 21.3 Å². The normalized spacial score (nSPS) is 11.1. The highest BCUT2D eigenvalue weighted by Gasteiger charge is 2.20. The fraction of sp³-hybridized carbons (Fsp3) is 0.179. The zero-order valence-electron chi connectivity index (χ0n) is 27.7. The van der Waals surface area contributed by atoms with Gasteiger partial charge in [-0.15, -0.1) is 0 Å². The Morgan fingerprint density at radius 2 is 1.12 bits per heavy atom. The van der Waals surface area contributed by atoms with Crippen LogP contribution in [0.15, 0.2) is 109 Å². The first-order chi connectivity index (χ1) is 23.2. The molecule has 6 aromatic rings. The van der Waals surface area contributed by atoms with Crippen LogP contribution in [0.4, 0.5) is 34.6 Å². The van der Waals surface area contributed by atoms with Gasteiger partial charge in [0, 0.05) is 45.7 Å². The lowest BCUT2D eigenvalue weighted by Crippen LogP contribution is -2.14. The molecule has 0 aliphatic rings. The van der Waals surface area contributed by atoms with Crippen molar-refractivity contribution in [2.24, 2.45) is 0 Å². The summed E-state index contributed by atoms with van der Waals surface area (Å²) in [6, 6.07) is 36.2. The molecule has 0 bridgehead atoms. The summed E-state index contributed by atoms with van der Waals surface area (Å²) in [4.78, 5) is 20.0. The number of aryl methyl sites for hydroxylation is 1. The zero-order valence-corrected chi connectivity index (χ0v) is 28.5. The molecular formula is C39H39ClN8. The SMILES string of the molecule is Cc1cc(-c2c(Nc3ccccc3)nc(-c3ccc(Cl)cc3)nc2NC(C)C)ccc1-c1nc(Nc2ccccc2)cc(NC(C)C)n1. The molecule has 0 aliphatic carbocycles. The Hall–Kier alpha value is -5.47. The molecule has 0 fully saturated rings. The number of rotatable bonds is 11. The molecule has 8 nitrogen and oxygen atoms in total. The third kappa shape index (κ3) is 7.90. The predicted octanol–water partition coefficient (Wildman–Crippen LogP) is 10.4. The van der Waals surface area contributed by atoms with Crippen LogP contribution in [-0.2, 0) is 0 Å². The van der Waals surface area contributed by atoms with Gasteiger partial charge < -0.3 is 21.3 Å². The van der Waals surface area contributed by atoms with Gasteiger partial charge in [-0.1, -0.05) is 66.2 Å². The summed E-state index contributed by atoms with van der Waals surface area (Å²) in [5.41, 5.74) is 6.51. The van der Waals surface area contributed by atoms with E-state index in [0.717, 1.165) is 50.8 Å². The number of benzene rings is 4. The van der Waals surface area contributed by atoms with E-state index in [1.54, 1.807) is 0 Å². The van der Waals surface area contributed by atoms with Gasteiger partial charge in [0.2, 0.25) is 0 Å². The lowest BCUT2D eigenvalue weighted by molar-refractivity contribution is 0.887. The van der Waals surface area contributed by atoms with E-state index in [1.807, 2.05) is 91.0 Å². The number of hydrogen-bond donors (Lipinski definition) is 4. The minimum absolute atomic E-state index is 0.127. The van der Waals surface area contributed by atoms with Gasteiger partial charge in [0.05, 0.1) is 5.56 Å². The Morgan fingerprint density at radius 3 is 1.75 bits per heavy atom. The maximum Gasteiger partial charge on any atom is 0.164 e. The highest BCUT2D eigenvalue weighted by Crippen LogP contribution is 2.39. The fourth-order valence-electron chi connectivity index (χ4n) is 5.33. The van der Waals surface area contributed by atoms with E-state index in [2.05, 4.69) is 74.1 Å². The van der Waals surface area contributed by atoms with Crippen molar-refractivity contribution in [3.8, 4) is 33.9 Å². The number of para-hydroxylation sites is 2. The minimum Gasteiger partial charge on any atom is -0.368 e. The van der Waals surface area contributed by atoms with Crippen LogP contribution in [0.5, 0.6) is 0 Å². The van der Waals surface area contributed by atoms with Crippen LogP contribution in [0.3, 0.4) is 0 Å². The number of anilines is 6. The van der Waals surface area contributed by atoms with Crippen LogP contribution in [0.2, 0.25) is 5.02 Å². The van der Waals surface area contributed by atoms with Crippen LogP contribution in [-0.4, -0.2) is 32.0 Å². The Bertz CT molecular complexity index is 2000. The maximum atomic E-state index is 6.21. The molecule has 0 saturated carbocycles. The zero-order chi connectivity index (χ0) is 33.6. The number of nitrogens with one attached hydrogen (secondary N) is 4. The molecule has 0 atom stereocenters. The molecule has 0 aliphatic heterocycles. The molecule has 4 N–H and O–H groups in total. The Kier molecular flexibility index (Phi) is 9.83. The van der Waals surface area contributed by atoms with Crippen molar-refractivity contribution in [3.63, 3.8) is 0 Å².